The highest BCUT2D eigenvalue weighted by molar-refractivity contribution is 7.80. The summed E-state index contributed by atoms with van der Waals surface area (Å²) in [4.78, 5) is 36.2. The summed E-state index contributed by atoms with van der Waals surface area (Å²) in [7, 11) is 0. The summed E-state index contributed by atoms with van der Waals surface area (Å²) in [6, 6.07) is 10.4. The van der Waals surface area contributed by atoms with Gasteiger partial charge in [0, 0.05) is 11.9 Å². The zero-order valence-corrected chi connectivity index (χ0v) is 21.9. The van der Waals surface area contributed by atoms with Gasteiger partial charge in [-0.25, -0.2) is 9.38 Å². The second-order valence-electron chi connectivity index (χ2n) is 9.14. The van der Waals surface area contributed by atoms with Crippen molar-refractivity contribution in [2.75, 3.05) is 4.90 Å². The summed E-state index contributed by atoms with van der Waals surface area (Å²) >= 11 is 5.53. The fourth-order valence-electron chi connectivity index (χ4n) is 4.37. The van der Waals surface area contributed by atoms with E-state index in [9.17, 15) is 22.8 Å². The van der Waals surface area contributed by atoms with Crippen molar-refractivity contribution in [3.05, 3.63) is 83.2 Å². The molecule has 1 N–H and O–H groups in total. The molecule has 1 aliphatic heterocycles. The molecule has 206 valence electrons. The number of amides is 2. The summed E-state index contributed by atoms with van der Waals surface area (Å²) in [5.41, 5.74) is -2.80. The van der Waals surface area contributed by atoms with Crippen LogP contribution in [-0.2, 0) is 11.3 Å². The number of nitrogens with zero attached hydrogens (tertiary/aromatic N) is 5. The zero-order chi connectivity index (χ0) is 29.2. The molecule has 8 nitrogen and oxygen atoms in total. The van der Waals surface area contributed by atoms with E-state index >= 15 is 4.39 Å². The van der Waals surface area contributed by atoms with E-state index in [1.807, 2.05) is 0 Å². The molecule has 1 aromatic carbocycles. The number of carbonyl (C=O) groups is 2. The number of carbonyl (C=O) groups excluding carboxylic acids is 2. The Labute approximate surface area is 232 Å². The molecule has 2 aliphatic rings. The lowest BCUT2D eigenvalue weighted by Gasteiger charge is -2.43. The Morgan fingerprint density at radius 2 is 2.05 bits per heavy atom. The normalized spacial score (nSPS) is 17.1. The van der Waals surface area contributed by atoms with Crippen LogP contribution in [0.3, 0.4) is 0 Å². The summed E-state index contributed by atoms with van der Waals surface area (Å²) in [6.45, 7) is 4.52. The fourth-order valence-corrected chi connectivity index (χ4v) is 4.85. The van der Waals surface area contributed by atoms with Crippen LogP contribution in [0.2, 0.25) is 0 Å². The number of nitrogens with one attached hydrogen (secondary N) is 1. The van der Waals surface area contributed by atoms with Gasteiger partial charge in [-0.15, -0.1) is 0 Å². The lowest BCUT2D eigenvalue weighted by molar-refractivity contribution is -0.131. The Balaban J connectivity index is 1.58. The van der Waals surface area contributed by atoms with Gasteiger partial charge in [-0.1, -0.05) is 12.6 Å². The van der Waals surface area contributed by atoms with Crippen LogP contribution in [0.25, 0.3) is 0 Å². The summed E-state index contributed by atoms with van der Waals surface area (Å²) in [5.74, 6) is -1.99. The quantitative estimate of drug-likeness (QED) is 0.219. The van der Waals surface area contributed by atoms with Crippen LogP contribution in [0.5, 0.6) is 0 Å². The van der Waals surface area contributed by atoms with Crippen molar-refractivity contribution in [2.24, 2.45) is 4.99 Å². The summed E-state index contributed by atoms with van der Waals surface area (Å²) < 4.78 is 54.2. The molecule has 1 spiro atoms. The molecule has 13 heteroatoms. The van der Waals surface area contributed by atoms with Gasteiger partial charge >= 0.3 is 6.18 Å². The second-order valence-corrected chi connectivity index (χ2v) is 9.51. The average Bonchev–Trinajstić information content (AvgIpc) is 3.14. The number of aliphatic imine (C=N–C) groups is 1. The van der Waals surface area contributed by atoms with Crippen LogP contribution in [-0.4, -0.2) is 44.7 Å². The van der Waals surface area contributed by atoms with Crippen molar-refractivity contribution in [2.45, 2.75) is 44.4 Å². The number of aromatic nitrogens is 1. The standard InChI is InChI=1S/C27H22F4N6O2S/c1-16(14-34-22(13-32)17(2)27(29,30)31)36-24(39)26(9-5-10-26)37(25(36)40)19-7-8-20(21(28)12-19)23(38)35-15-18-6-3-4-11-33-18/h3-4,6-8,11-12,14H,1,5,9-10,15H2,2H3,(H,35,38)/b22-17+,34-14-. The Morgan fingerprint density at radius 3 is 2.60 bits per heavy atom. The molecule has 1 aliphatic carbocycles. The third-order valence-corrected chi connectivity index (χ3v) is 7.09. The molecular weight excluding hydrogens is 548 g/mol. The highest BCUT2D eigenvalue weighted by Crippen LogP contribution is 2.47. The van der Waals surface area contributed by atoms with Crippen LogP contribution in [0.4, 0.5) is 23.2 Å². The fraction of sp³-hybridized carbons (Fsp3) is 0.259. The van der Waals surface area contributed by atoms with Crippen LogP contribution in [0, 0.1) is 17.1 Å². The van der Waals surface area contributed by atoms with Crippen molar-refractivity contribution in [1.29, 1.82) is 5.26 Å². The molecule has 1 saturated carbocycles. The number of benzene rings is 1. The maximum atomic E-state index is 15.1. The van der Waals surface area contributed by atoms with E-state index < -0.39 is 40.6 Å². The topological polar surface area (TPSA) is 102 Å². The van der Waals surface area contributed by atoms with E-state index in [1.54, 1.807) is 24.4 Å². The first-order chi connectivity index (χ1) is 18.9. The molecule has 2 fully saturated rings. The van der Waals surface area contributed by atoms with Gasteiger partial charge in [-0.05, 0) is 68.7 Å². The number of halogens is 4. The average molecular weight is 571 g/mol. The van der Waals surface area contributed by atoms with Crippen LogP contribution in [0.15, 0.2) is 71.1 Å². The SMILES string of the molecule is C=C(/C=N\C(C#N)=C(/C)C(F)(F)F)N1C(=O)C2(CCC2)N(c2ccc(C(=O)NCc3ccccn3)c(F)c2)C1=S. The molecule has 1 saturated heterocycles. The second kappa shape index (κ2) is 11.0. The molecule has 0 radical (unpaired) electrons. The highest BCUT2D eigenvalue weighted by atomic mass is 32.1. The molecule has 2 aromatic rings. The number of hydrogen-bond donors (Lipinski definition) is 1. The smallest absolute Gasteiger partial charge is 0.346 e. The van der Waals surface area contributed by atoms with Gasteiger partial charge in [-0.3, -0.25) is 19.5 Å². The number of rotatable bonds is 7. The maximum absolute atomic E-state index is 15.1. The summed E-state index contributed by atoms with van der Waals surface area (Å²) in [6.07, 6.45) is -0.874. The van der Waals surface area contributed by atoms with Gasteiger partial charge in [0.25, 0.3) is 11.8 Å². The minimum absolute atomic E-state index is 0.0806. The Kier molecular flexibility index (Phi) is 7.84. The van der Waals surface area contributed by atoms with Gasteiger partial charge in [0.05, 0.1) is 35.3 Å². The Hall–Kier alpha value is -4.44. The molecule has 40 heavy (non-hydrogen) atoms. The van der Waals surface area contributed by atoms with Crippen LogP contribution >= 0.6 is 12.2 Å². The number of nitriles is 1. The van der Waals surface area contributed by atoms with Gasteiger partial charge in [0.2, 0.25) is 0 Å². The number of allylic oxidation sites excluding steroid dienone is 3. The molecule has 0 bridgehead atoms. The van der Waals surface area contributed by atoms with Crippen molar-refractivity contribution in [3.63, 3.8) is 0 Å². The van der Waals surface area contributed by atoms with Gasteiger partial charge in [-0.2, -0.15) is 18.4 Å². The zero-order valence-electron chi connectivity index (χ0n) is 21.1. The molecule has 2 heterocycles. The molecule has 0 unspecified atom stereocenters. The van der Waals surface area contributed by atoms with Crippen LogP contribution < -0.4 is 10.2 Å². The molecule has 1 aromatic heterocycles. The van der Waals surface area contributed by atoms with E-state index in [0.29, 0.717) is 31.9 Å². The maximum Gasteiger partial charge on any atom is 0.415 e. The third kappa shape index (κ3) is 5.22. The first-order valence-electron chi connectivity index (χ1n) is 12.0. The summed E-state index contributed by atoms with van der Waals surface area (Å²) in [5, 5.41) is 11.6. The molecule has 0 atom stereocenters. The molecular formula is C27H22F4N6O2S. The number of alkyl halides is 3. The van der Waals surface area contributed by atoms with Crippen LogP contribution in [0.1, 0.15) is 42.2 Å². The van der Waals surface area contributed by atoms with E-state index in [-0.39, 0.29) is 28.6 Å². The number of thiocarbonyl (C=S) groups is 1. The lowest BCUT2D eigenvalue weighted by Crippen LogP contribution is -2.55. The van der Waals surface area contributed by atoms with E-state index in [0.717, 1.165) is 17.2 Å². The predicted octanol–water partition coefficient (Wildman–Crippen LogP) is 4.95. The molecule has 4 rings (SSSR count). The molecule has 2 amide bonds. The number of hydrogen-bond acceptors (Lipinski definition) is 6. The third-order valence-electron chi connectivity index (χ3n) is 6.72. The van der Waals surface area contributed by atoms with Crippen molar-refractivity contribution in [1.82, 2.24) is 15.2 Å². The van der Waals surface area contributed by atoms with Gasteiger partial charge < -0.3 is 10.2 Å². The Morgan fingerprint density at radius 1 is 1.32 bits per heavy atom. The van der Waals surface area contributed by atoms with Crippen molar-refractivity contribution in [3.8, 4) is 6.07 Å². The van der Waals surface area contributed by atoms with E-state index in [4.69, 9.17) is 17.5 Å². The highest BCUT2D eigenvalue weighted by Gasteiger charge is 2.59. The van der Waals surface area contributed by atoms with Gasteiger partial charge in [0.1, 0.15) is 23.1 Å². The first kappa shape index (κ1) is 28.6. The van der Waals surface area contributed by atoms with E-state index in [1.165, 1.54) is 23.1 Å². The monoisotopic (exact) mass is 570 g/mol. The predicted molar refractivity (Wildman–Crippen MR) is 142 cm³/mol. The first-order valence-corrected chi connectivity index (χ1v) is 12.4. The number of anilines is 1. The lowest BCUT2D eigenvalue weighted by atomic mass is 9.75. The van der Waals surface area contributed by atoms with Crippen molar-refractivity contribution >= 4 is 41.0 Å². The van der Waals surface area contributed by atoms with E-state index in [2.05, 4.69) is 21.9 Å². The minimum atomic E-state index is -4.76. The number of pyridine rings is 1. The van der Waals surface area contributed by atoms with Crippen molar-refractivity contribution < 1.29 is 27.2 Å². The minimum Gasteiger partial charge on any atom is -0.346 e. The Bertz CT molecular complexity index is 1490. The van der Waals surface area contributed by atoms with Gasteiger partial charge in [0.15, 0.2) is 5.11 Å². The largest absolute Gasteiger partial charge is 0.415 e.